The zero-order chi connectivity index (χ0) is 14.7. The molecule has 3 N–H and O–H groups in total. The first-order chi connectivity index (χ1) is 10.3. The zero-order valence-electron chi connectivity index (χ0n) is 11.9. The predicted molar refractivity (Wildman–Crippen MR) is 81.7 cm³/mol. The van der Waals surface area contributed by atoms with Gasteiger partial charge in [0, 0.05) is 18.3 Å². The molecule has 0 aliphatic carbocycles. The molecule has 0 saturated heterocycles. The van der Waals surface area contributed by atoms with Crippen LogP contribution in [0.15, 0.2) is 42.9 Å². The summed E-state index contributed by atoms with van der Waals surface area (Å²) in [6.45, 7) is 2.65. The largest absolute Gasteiger partial charge is 0.394 e. The van der Waals surface area contributed by atoms with Crippen LogP contribution in [-0.2, 0) is 6.54 Å². The molecule has 5 nitrogen and oxygen atoms in total. The van der Waals surface area contributed by atoms with E-state index in [9.17, 15) is 5.11 Å². The van der Waals surface area contributed by atoms with E-state index in [1.807, 2.05) is 43.5 Å². The summed E-state index contributed by atoms with van der Waals surface area (Å²) >= 11 is 0. The highest BCUT2D eigenvalue weighted by Gasteiger charge is 2.12. The highest BCUT2D eigenvalue weighted by atomic mass is 16.3. The standard InChI is InChI=1S/C16H18N4O/c1-11-15-16(20-10-19-11)13(8-18-15)7-17-14(9-21)12-5-3-2-4-6-12/h2-6,8,10,14,17-18,21H,7,9H2,1H3. The summed E-state index contributed by atoms with van der Waals surface area (Å²) in [4.78, 5) is 11.7. The van der Waals surface area contributed by atoms with Gasteiger partial charge in [0.1, 0.15) is 6.33 Å². The van der Waals surface area contributed by atoms with Crippen molar-refractivity contribution >= 4 is 11.0 Å². The minimum absolute atomic E-state index is 0.0559. The van der Waals surface area contributed by atoms with E-state index in [1.54, 1.807) is 6.33 Å². The lowest BCUT2D eigenvalue weighted by molar-refractivity contribution is 0.244. The third-order valence-corrected chi connectivity index (χ3v) is 3.66. The summed E-state index contributed by atoms with van der Waals surface area (Å²) in [6.07, 6.45) is 3.52. The van der Waals surface area contributed by atoms with Crippen LogP contribution >= 0.6 is 0 Å². The van der Waals surface area contributed by atoms with Gasteiger partial charge in [-0.3, -0.25) is 0 Å². The van der Waals surface area contributed by atoms with Crippen molar-refractivity contribution in [1.82, 2.24) is 20.3 Å². The van der Waals surface area contributed by atoms with E-state index in [0.717, 1.165) is 27.9 Å². The SMILES string of the molecule is Cc1ncnc2c(CNC(CO)c3ccccc3)c[nH]c12. The van der Waals surface area contributed by atoms with Gasteiger partial charge in [-0.25, -0.2) is 9.97 Å². The molecular formula is C16H18N4O. The van der Waals surface area contributed by atoms with Gasteiger partial charge in [0.15, 0.2) is 0 Å². The van der Waals surface area contributed by atoms with Crippen molar-refractivity contribution in [3.8, 4) is 0 Å². The Morgan fingerprint density at radius 3 is 2.81 bits per heavy atom. The Morgan fingerprint density at radius 1 is 1.24 bits per heavy atom. The molecule has 108 valence electrons. The van der Waals surface area contributed by atoms with Crippen molar-refractivity contribution in [2.45, 2.75) is 19.5 Å². The molecule has 0 spiro atoms. The monoisotopic (exact) mass is 282 g/mol. The molecule has 3 aromatic rings. The van der Waals surface area contributed by atoms with Gasteiger partial charge in [-0.1, -0.05) is 30.3 Å². The number of nitrogens with zero attached hydrogens (tertiary/aromatic N) is 2. The van der Waals surface area contributed by atoms with Gasteiger partial charge in [0.05, 0.1) is 29.4 Å². The van der Waals surface area contributed by atoms with Crippen LogP contribution in [0.25, 0.3) is 11.0 Å². The molecule has 0 bridgehead atoms. The van der Waals surface area contributed by atoms with E-state index in [1.165, 1.54) is 0 Å². The van der Waals surface area contributed by atoms with Gasteiger partial charge in [-0.15, -0.1) is 0 Å². The summed E-state index contributed by atoms with van der Waals surface area (Å²) in [6, 6.07) is 9.85. The van der Waals surface area contributed by atoms with Gasteiger partial charge in [0.25, 0.3) is 0 Å². The number of rotatable bonds is 5. The van der Waals surface area contributed by atoms with E-state index in [4.69, 9.17) is 0 Å². The quantitative estimate of drug-likeness (QED) is 0.670. The first kappa shape index (κ1) is 13.7. The molecule has 1 aromatic carbocycles. The van der Waals surface area contributed by atoms with E-state index in [2.05, 4.69) is 20.3 Å². The van der Waals surface area contributed by atoms with Crippen molar-refractivity contribution in [3.63, 3.8) is 0 Å². The second-order valence-electron chi connectivity index (χ2n) is 5.02. The van der Waals surface area contributed by atoms with Gasteiger partial charge in [-0.2, -0.15) is 0 Å². The van der Waals surface area contributed by atoms with E-state index in [0.29, 0.717) is 6.54 Å². The number of aromatic nitrogens is 3. The van der Waals surface area contributed by atoms with Crippen LogP contribution in [0.3, 0.4) is 0 Å². The van der Waals surface area contributed by atoms with Crippen molar-refractivity contribution in [1.29, 1.82) is 0 Å². The maximum Gasteiger partial charge on any atom is 0.116 e. The number of H-pyrrole nitrogens is 1. The molecule has 21 heavy (non-hydrogen) atoms. The Kier molecular flexibility index (Phi) is 3.94. The van der Waals surface area contributed by atoms with Gasteiger partial charge in [0.2, 0.25) is 0 Å². The third kappa shape index (κ3) is 2.79. The molecule has 1 unspecified atom stereocenters. The summed E-state index contributed by atoms with van der Waals surface area (Å²) in [5.41, 5.74) is 4.98. The topological polar surface area (TPSA) is 73.8 Å². The van der Waals surface area contributed by atoms with Gasteiger partial charge in [-0.05, 0) is 12.5 Å². The molecule has 3 rings (SSSR count). The molecule has 0 aliphatic rings. The second-order valence-corrected chi connectivity index (χ2v) is 5.02. The van der Waals surface area contributed by atoms with E-state index < -0.39 is 0 Å². The number of fused-ring (bicyclic) bond motifs is 1. The lowest BCUT2D eigenvalue weighted by atomic mass is 10.1. The summed E-state index contributed by atoms with van der Waals surface area (Å²) in [5, 5.41) is 12.9. The molecule has 0 fully saturated rings. The van der Waals surface area contributed by atoms with Crippen LogP contribution in [0.2, 0.25) is 0 Å². The molecular weight excluding hydrogens is 264 g/mol. The fraction of sp³-hybridized carbons (Fsp3) is 0.250. The maximum atomic E-state index is 9.57. The fourth-order valence-electron chi connectivity index (χ4n) is 2.46. The third-order valence-electron chi connectivity index (χ3n) is 3.66. The fourth-order valence-corrected chi connectivity index (χ4v) is 2.46. The van der Waals surface area contributed by atoms with E-state index >= 15 is 0 Å². The lowest BCUT2D eigenvalue weighted by Crippen LogP contribution is -2.23. The Balaban J connectivity index is 1.78. The number of hydrogen-bond donors (Lipinski definition) is 3. The van der Waals surface area contributed by atoms with Crippen molar-refractivity contribution < 1.29 is 5.11 Å². The Morgan fingerprint density at radius 2 is 2.05 bits per heavy atom. The van der Waals surface area contributed by atoms with E-state index in [-0.39, 0.29) is 12.6 Å². The summed E-state index contributed by atoms with van der Waals surface area (Å²) in [7, 11) is 0. The average molecular weight is 282 g/mol. The molecule has 2 heterocycles. The molecule has 0 radical (unpaired) electrons. The number of aliphatic hydroxyl groups excluding tert-OH is 1. The number of aromatic amines is 1. The molecule has 5 heteroatoms. The highest BCUT2D eigenvalue weighted by Crippen LogP contribution is 2.18. The van der Waals surface area contributed by atoms with Gasteiger partial charge < -0.3 is 15.4 Å². The predicted octanol–water partition coefficient (Wildman–Crippen LogP) is 2.09. The van der Waals surface area contributed by atoms with Gasteiger partial charge >= 0.3 is 0 Å². The van der Waals surface area contributed by atoms with Crippen LogP contribution < -0.4 is 5.32 Å². The lowest BCUT2D eigenvalue weighted by Gasteiger charge is -2.16. The van der Waals surface area contributed by atoms with Crippen molar-refractivity contribution in [2.75, 3.05) is 6.61 Å². The van der Waals surface area contributed by atoms with Crippen LogP contribution in [0.5, 0.6) is 0 Å². The van der Waals surface area contributed by atoms with Crippen LogP contribution in [0, 0.1) is 6.92 Å². The smallest absolute Gasteiger partial charge is 0.116 e. The minimum atomic E-state index is -0.0842. The highest BCUT2D eigenvalue weighted by molar-refractivity contribution is 5.80. The molecule has 0 aliphatic heterocycles. The number of nitrogens with one attached hydrogen (secondary N) is 2. The van der Waals surface area contributed by atoms with Crippen LogP contribution in [0.1, 0.15) is 22.9 Å². The molecule has 2 aromatic heterocycles. The number of hydrogen-bond acceptors (Lipinski definition) is 4. The number of aliphatic hydroxyl groups is 1. The summed E-state index contributed by atoms with van der Waals surface area (Å²) in [5.74, 6) is 0. The zero-order valence-corrected chi connectivity index (χ0v) is 11.9. The Labute approximate surface area is 123 Å². The first-order valence-electron chi connectivity index (χ1n) is 6.96. The maximum absolute atomic E-state index is 9.57. The Bertz CT molecular complexity index is 723. The number of aryl methyl sites for hydroxylation is 1. The first-order valence-corrected chi connectivity index (χ1v) is 6.96. The minimum Gasteiger partial charge on any atom is -0.394 e. The molecule has 1 atom stereocenters. The Hall–Kier alpha value is -2.24. The van der Waals surface area contributed by atoms with Crippen molar-refractivity contribution in [3.05, 3.63) is 59.7 Å². The number of benzene rings is 1. The van der Waals surface area contributed by atoms with Crippen LogP contribution in [0.4, 0.5) is 0 Å². The van der Waals surface area contributed by atoms with Crippen molar-refractivity contribution in [2.24, 2.45) is 0 Å². The normalized spacial score (nSPS) is 12.7. The molecule has 0 saturated carbocycles. The molecule has 0 amide bonds. The average Bonchev–Trinajstić information content (AvgIpc) is 2.94. The summed E-state index contributed by atoms with van der Waals surface area (Å²) < 4.78 is 0. The van der Waals surface area contributed by atoms with Crippen LogP contribution in [-0.4, -0.2) is 26.7 Å². The second kappa shape index (κ2) is 6.03.